The summed E-state index contributed by atoms with van der Waals surface area (Å²) in [6.45, 7) is 1.44. The fraction of sp³-hybridized carbons (Fsp3) is 0.267. The zero-order valence-electron chi connectivity index (χ0n) is 12.5. The monoisotopic (exact) mass is 315 g/mol. The van der Waals surface area contributed by atoms with Gasteiger partial charge < -0.3 is 14.5 Å². The molecule has 3 aromatic rings. The van der Waals surface area contributed by atoms with Crippen LogP contribution in [-0.2, 0) is 13.1 Å². The van der Waals surface area contributed by atoms with Crippen LogP contribution in [0.3, 0.4) is 0 Å². The summed E-state index contributed by atoms with van der Waals surface area (Å²) in [7, 11) is 4.10. The highest BCUT2D eigenvalue weighted by Gasteiger charge is 2.10. The van der Waals surface area contributed by atoms with Crippen molar-refractivity contribution in [1.29, 1.82) is 0 Å². The van der Waals surface area contributed by atoms with Crippen molar-refractivity contribution in [2.45, 2.75) is 13.1 Å². The van der Waals surface area contributed by atoms with Crippen LogP contribution in [0.5, 0.6) is 0 Å². The first-order chi connectivity index (χ1) is 10.6. The molecule has 0 atom stereocenters. The number of thiophene rings is 1. The van der Waals surface area contributed by atoms with Gasteiger partial charge in [0.2, 0.25) is 0 Å². The SMILES string of the molecule is CN(C)Cc1csc(-c2nccn2Cc2cc(=O)[nH]cn2)c1. The largest absolute Gasteiger partial charge is 0.324 e. The predicted octanol–water partition coefficient (Wildman–Crippen LogP) is 1.80. The lowest BCUT2D eigenvalue weighted by molar-refractivity contribution is 0.403. The Kier molecular flexibility index (Phi) is 4.17. The number of rotatable bonds is 5. The average molecular weight is 315 g/mol. The third-order valence-corrected chi connectivity index (χ3v) is 4.13. The fourth-order valence-corrected chi connectivity index (χ4v) is 3.19. The number of nitrogens with zero attached hydrogens (tertiary/aromatic N) is 4. The highest BCUT2D eigenvalue weighted by molar-refractivity contribution is 7.13. The van der Waals surface area contributed by atoms with Crippen molar-refractivity contribution in [3.63, 3.8) is 0 Å². The Morgan fingerprint density at radius 2 is 2.18 bits per heavy atom. The van der Waals surface area contributed by atoms with Gasteiger partial charge in [0.15, 0.2) is 0 Å². The van der Waals surface area contributed by atoms with E-state index in [1.54, 1.807) is 17.5 Å². The summed E-state index contributed by atoms with van der Waals surface area (Å²) in [5.74, 6) is 0.900. The molecule has 1 N–H and O–H groups in total. The van der Waals surface area contributed by atoms with Crippen LogP contribution in [0.25, 0.3) is 10.7 Å². The number of hydrogen-bond donors (Lipinski definition) is 1. The van der Waals surface area contributed by atoms with E-state index in [9.17, 15) is 4.79 Å². The van der Waals surface area contributed by atoms with Gasteiger partial charge in [0.1, 0.15) is 5.82 Å². The normalized spacial score (nSPS) is 11.2. The summed E-state index contributed by atoms with van der Waals surface area (Å²) in [4.78, 5) is 25.8. The summed E-state index contributed by atoms with van der Waals surface area (Å²) in [5, 5.41) is 2.15. The number of nitrogens with one attached hydrogen (secondary N) is 1. The molecule has 0 bridgehead atoms. The Morgan fingerprint density at radius 3 is 2.95 bits per heavy atom. The van der Waals surface area contributed by atoms with Crippen LogP contribution in [0, 0.1) is 0 Å². The Bertz CT molecular complexity index is 817. The number of aromatic amines is 1. The van der Waals surface area contributed by atoms with E-state index in [-0.39, 0.29) is 5.56 Å². The van der Waals surface area contributed by atoms with E-state index in [1.165, 1.54) is 18.0 Å². The van der Waals surface area contributed by atoms with Crippen molar-refractivity contribution in [3.05, 3.63) is 57.8 Å². The van der Waals surface area contributed by atoms with Gasteiger partial charge in [0, 0.05) is 25.0 Å². The maximum atomic E-state index is 11.4. The molecular formula is C15H17N5OS. The molecule has 0 radical (unpaired) electrons. The third kappa shape index (κ3) is 3.32. The minimum Gasteiger partial charge on any atom is -0.324 e. The molecule has 7 heteroatoms. The maximum Gasteiger partial charge on any atom is 0.250 e. The molecule has 0 unspecified atom stereocenters. The fourth-order valence-electron chi connectivity index (χ4n) is 2.27. The Labute approximate surface area is 132 Å². The third-order valence-electron chi connectivity index (χ3n) is 3.16. The Hall–Kier alpha value is -2.25. The molecule has 0 aliphatic heterocycles. The zero-order chi connectivity index (χ0) is 15.5. The van der Waals surface area contributed by atoms with Crippen molar-refractivity contribution in [2.75, 3.05) is 14.1 Å². The molecule has 0 amide bonds. The van der Waals surface area contributed by atoms with Crippen LogP contribution in [-0.4, -0.2) is 38.5 Å². The summed E-state index contributed by atoms with van der Waals surface area (Å²) >= 11 is 1.68. The maximum absolute atomic E-state index is 11.4. The van der Waals surface area contributed by atoms with Crippen LogP contribution < -0.4 is 5.56 Å². The second-order valence-corrected chi connectivity index (χ2v) is 6.25. The molecule has 3 heterocycles. The molecule has 3 aromatic heterocycles. The van der Waals surface area contributed by atoms with Gasteiger partial charge in [-0.3, -0.25) is 4.79 Å². The van der Waals surface area contributed by atoms with E-state index in [2.05, 4.69) is 45.4 Å². The highest BCUT2D eigenvalue weighted by atomic mass is 32.1. The van der Waals surface area contributed by atoms with E-state index >= 15 is 0 Å². The van der Waals surface area contributed by atoms with Gasteiger partial charge in [-0.05, 0) is 31.1 Å². The number of imidazole rings is 1. The number of H-pyrrole nitrogens is 1. The van der Waals surface area contributed by atoms with Crippen LogP contribution >= 0.6 is 11.3 Å². The minimum atomic E-state index is -0.143. The van der Waals surface area contributed by atoms with Crippen LogP contribution in [0.1, 0.15) is 11.3 Å². The highest BCUT2D eigenvalue weighted by Crippen LogP contribution is 2.26. The van der Waals surface area contributed by atoms with E-state index in [0.717, 1.165) is 17.2 Å². The second-order valence-electron chi connectivity index (χ2n) is 5.34. The molecule has 0 aromatic carbocycles. The van der Waals surface area contributed by atoms with Gasteiger partial charge in [0.05, 0.1) is 23.4 Å². The molecule has 22 heavy (non-hydrogen) atoms. The van der Waals surface area contributed by atoms with Crippen molar-refractivity contribution in [1.82, 2.24) is 24.4 Å². The first kappa shape index (κ1) is 14.7. The molecule has 6 nitrogen and oxygen atoms in total. The molecule has 0 aliphatic carbocycles. The summed E-state index contributed by atoms with van der Waals surface area (Å²) in [6, 6.07) is 3.67. The van der Waals surface area contributed by atoms with E-state index in [4.69, 9.17) is 0 Å². The van der Waals surface area contributed by atoms with Gasteiger partial charge >= 0.3 is 0 Å². The summed E-state index contributed by atoms with van der Waals surface area (Å²) < 4.78 is 2.01. The molecule has 3 rings (SSSR count). The molecule has 0 saturated heterocycles. The molecular weight excluding hydrogens is 298 g/mol. The lowest BCUT2D eigenvalue weighted by atomic mass is 10.3. The predicted molar refractivity (Wildman–Crippen MR) is 86.9 cm³/mol. The zero-order valence-corrected chi connectivity index (χ0v) is 13.3. The average Bonchev–Trinajstić information content (AvgIpc) is 3.07. The van der Waals surface area contributed by atoms with E-state index in [1.807, 2.05) is 10.8 Å². The smallest absolute Gasteiger partial charge is 0.250 e. The lowest BCUT2D eigenvalue weighted by Gasteiger charge is -2.07. The molecule has 0 saturated carbocycles. The van der Waals surface area contributed by atoms with Crippen LogP contribution in [0.15, 0.2) is 41.0 Å². The number of hydrogen-bond acceptors (Lipinski definition) is 5. The van der Waals surface area contributed by atoms with Gasteiger partial charge in [0.25, 0.3) is 5.56 Å². The van der Waals surface area contributed by atoms with E-state index in [0.29, 0.717) is 12.2 Å². The van der Waals surface area contributed by atoms with Crippen LogP contribution in [0.2, 0.25) is 0 Å². The van der Waals surface area contributed by atoms with Crippen LogP contribution in [0.4, 0.5) is 0 Å². The quantitative estimate of drug-likeness (QED) is 0.780. The van der Waals surface area contributed by atoms with Gasteiger partial charge in [-0.1, -0.05) is 0 Å². The van der Waals surface area contributed by atoms with Crippen molar-refractivity contribution < 1.29 is 0 Å². The molecule has 0 aliphatic rings. The topological polar surface area (TPSA) is 66.8 Å². The minimum absolute atomic E-state index is 0.143. The molecule has 0 spiro atoms. The lowest BCUT2D eigenvalue weighted by Crippen LogP contribution is -2.10. The second kappa shape index (κ2) is 6.25. The standard InChI is InChI=1S/C15H17N5OS/c1-19(2)7-11-5-13(22-9-11)15-16-3-4-20(15)8-12-6-14(21)18-10-17-12/h3-6,9-10H,7-8H2,1-2H3,(H,17,18,21). The van der Waals surface area contributed by atoms with E-state index < -0.39 is 0 Å². The van der Waals surface area contributed by atoms with Gasteiger partial charge in [-0.2, -0.15) is 0 Å². The van der Waals surface area contributed by atoms with Crippen molar-refractivity contribution in [3.8, 4) is 10.7 Å². The number of aromatic nitrogens is 4. The van der Waals surface area contributed by atoms with Gasteiger partial charge in [-0.25, -0.2) is 9.97 Å². The molecule has 0 fully saturated rings. The first-order valence-electron chi connectivity index (χ1n) is 6.89. The summed E-state index contributed by atoms with van der Waals surface area (Å²) in [6.07, 6.45) is 5.10. The summed E-state index contributed by atoms with van der Waals surface area (Å²) in [5.41, 5.74) is 1.85. The molecule has 114 valence electrons. The Morgan fingerprint density at radius 1 is 1.32 bits per heavy atom. The van der Waals surface area contributed by atoms with Crippen molar-refractivity contribution in [2.24, 2.45) is 0 Å². The Balaban J connectivity index is 1.85. The van der Waals surface area contributed by atoms with Crippen molar-refractivity contribution >= 4 is 11.3 Å². The first-order valence-corrected chi connectivity index (χ1v) is 7.77. The van der Waals surface area contributed by atoms with Gasteiger partial charge in [-0.15, -0.1) is 11.3 Å².